The van der Waals surface area contributed by atoms with Crippen molar-refractivity contribution in [1.82, 2.24) is 9.88 Å². The maximum absolute atomic E-state index is 13.2. The summed E-state index contributed by atoms with van der Waals surface area (Å²) in [6, 6.07) is 9.60. The van der Waals surface area contributed by atoms with Crippen molar-refractivity contribution >= 4 is 17.4 Å². The lowest BCUT2D eigenvalue weighted by Crippen LogP contribution is -2.51. The molecule has 1 aromatic carbocycles. The smallest absolute Gasteiger partial charge is 0.270 e. The number of nitrogens with two attached hydrogens (primary N) is 1. The van der Waals surface area contributed by atoms with Gasteiger partial charge in [-0.05, 0) is 29.8 Å². The summed E-state index contributed by atoms with van der Waals surface area (Å²) in [6.45, 7) is 6.31. The highest BCUT2D eigenvalue weighted by molar-refractivity contribution is 6.12. The minimum atomic E-state index is -0.518. The molecule has 0 atom stereocenters. The van der Waals surface area contributed by atoms with Gasteiger partial charge in [0.15, 0.2) is 5.78 Å². The van der Waals surface area contributed by atoms with Crippen LogP contribution in [0.1, 0.15) is 36.8 Å². The molecule has 2 heterocycles. The molecule has 1 aliphatic rings. The normalized spacial score (nSPS) is 19.3. The second kappa shape index (κ2) is 8.03. The van der Waals surface area contributed by atoms with E-state index in [0.29, 0.717) is 30.1 Å². The Hall–Kier alpha value is -3.22. The standard InChI is InChI=1S/C22H25FN4O2/c1-14(28)19(24)17-12-27(21(29)18-5-4-10-25-18)13-22(2,3)20(17)26-11-15-6-8-16(23)9-7-15/h4-10,25H,11-13,24H2,1-3H3. The quantitative estimate of drug-likeness (QED) is 0.778. The number of aromatic amines is 1. The van der Waals surface area contributed by atoms with Crippen LogP contribution < -0.4 is 5.73 Å². The van der Waals surface area contributed by atoms with Crippen molar-refractivity contribution in [2.24, 2.45) is 16.1 Å². The van der Waals surface area contributed by atoms with E-state index in [1.807, 2.05) is 13.8 Å². The fourth-order valence-corrected chi connectivity index (χ4v) is 3.55. The van der Waals surface area contributed by atoms with Crippen LogP contribution in [-0.4, -0.2) is 40.4 Å². The van der Waals surface area contributed by atoms with E-state index in [4.69, 9.17) is 10.7 Å². The van der Waals surface area contributed by atoms with E-state index in [9.17, 15) is 14.0 Å². The van der Waals surface area contributed by atoms with Gasteiger partial charge < -0.3 is 15.6 Å². The van der Waals surface area contributed by atoms with Crippen molar-refractivity contribution in [1.29, 1.82) is 0 Å². The number of piperidine rings is 1. The number of rotatable bonds is 4. The molecule has 3 rings (SSSR count). The Bertz CT molecular complexity index is 973. The molecule has 2 aromatic rings. The Morgan fingerprint density at radius 2 is 1.93 bits per heavy atom. The van der Waals surface area contributed by atoms with E-state index < -0.39 is 5.41 Å². The molecule has 1 fully saturated rings. The first-order valence-corrected chi connectivity index (χ1v) is 9.41. The van der Waals surface area contributed by atoms with E-state index in [2.05, 4.69) is 4.98 Å². The summed E-state index contributed by atoms with van der Waals surface area (Å²) in [5.74, 6) is -0.728. The maximum atomic E-state index is 13.2. The van der Waals surface area contributed by atoms with Crippen LogP contribution in [0.2, 0.25) is 0 Å². The number of nitrogens with zero attached hydrogens (tertiary/aromatic N) is 2. The van der Waals surface area contributed by atoms with Crippen LogP contribution in [0.15, 0.2) is 58.9 Å². The number of aliphatic imine (C=N–C) groups is 1. The minimum absolute atomic E-state index is 0.111. The highest BCUT2D eigenvalue weighted by Crippen LogP contribution is 2.32. The molecule has 0 radical (unpaired) electrons. The van der Waals surface area contributed by atoms with Gasteiger partial charge in [-0.2, -0.15) is 0 Å². The number of amides is 1. The van der Waals surface area contributed by atoms with Crippen LogP contribution >= 0.6 is 0 Å². The fraction of sp³-hybridized carbons (Fsp3) is 0.318. The Morgan fingerprint density at radius 1 is 1.24 bits per heavy atom. The summed E-state index contributed by atoms with van der Waals surface area (Å²) in [5.41, 5.74) is 8.31. The van der Waals surface area contributed by atoms with Gasteiger partial charge in [-0.3, -0.25) is 14.6 Å². The zero-order valence-corrected chi connectivity index (χ0v) is 16.8. The van der Waals surface area contributed by atoms with Gasteiger partial charge in [-0.1, -0.05) is 26.0 Å². The number of halogens is 1. The first-order chi connectivity index (χ1) is 13.7. The Morgan fingerprint density at radius 3 is 2.52 bits per heavy atom. The summed E-state index contributed by atoms with van der Waals surface area (Å²) >= 11 is 0. The van der Waals surface area contributed by atoms with E-state index in [1.165, 1.54) is 19.1 Å². The fourth-order valence-electron chi connectivity index (χ4n) is 3.55. The molecule has 0 saturated carbocycles. The van der Waals surface area contributed by atoms with Gasteiger partial charge in [0.2, 0.25) is 0 Å². The van der Waals surface area contributed by atoms with Crippen molar-refractivity contribution in [3.05, 3.63) is 70.9 Å². The monoisotopic (exact) mass is 396 g/mol. The topological polar surface area (TPSA) is 91.5 Å². The van der Waals surface area contributed by atoms with Gasteiger partial charge in [0.1, 0.15) is 11.5 Å². The predicted molar refractivity (Wildman–Crippen MR) is 110 cm³/mol. The zero-order valence-electron chi connectivity index (χ0n) is 16.8. The van der Waals surface area contributed by atoms with Crippen LogP contribution in [0.5, 0.6) is 0 Å². The number of ketones is 1. The average molecular weight is 396 g/mol. The number of hydrogen-bond acceptors (Lipinski definition) is 4. The number of Topliss-reactive ketones (excluding diaryl/α,β-unsaturated/α-hetero) is 1. The molecule has 1 aromatic heterocycles. The lowest BCUT2D eigenvalue weighted by atomic mass is 9.78. The number of carbonyl (C=O) groups is 2. The van der Waals surface area contributed by atoms with Crippen molar-refractivity contribution in [2.45, 2.75) is 27.3 Å². The van der Waals surface area contributed by atoms with Crippen molar-refractivity contribution < 1.29 is 14.0 Å². The van der Waals surface area contributed by atoms with Crippen LogP contribution in [0.3, 0.4) is 0 Å². The second-order valence-corrected chi connectivity index (χ2v) is 7.87. The Balaban J connectivity index is 1.97. The molecule has 1 amide bonds. The number of H-pyrrole nitrogens is 1. The van der Waals surface area contributed by atoms with Crippen molar-refractivity contribution in [3.8, 4) is 0 Å². The van der Waals surface area contributed by atoms with E-state index in [1.54, 1.807) is 35.4 Å². The lowest BCUT2D eigenvalue weighted by Gasteiger charge is -2.41. The summed E-state index contributed by atoms with van der Waals surface area (Å²) in [5, 5.41) is 0. The summed E-state index contributed by atoms with van der Waals surface area (Å²) in [7, 11) is 0. The van der Waals surface area contributed by atoms with Crippen LogP contribution in [0, 0.1) is 11.2 Å². The largest absolute Gasteiger partial charge is 0.396 e. The van der Waals surface area contributed by atoms with Crippen molar-refractivity contribution in [3.63, 3.8) is 0 Å². The summed E-state index contributed by atoms with van der Waals surface area (Å²) in [4.78, 5) is 34.2. The van der Waals surface area contributed by atoms with Gasteiger partial charge in [0, 0.05) is 36.4 Å². The molecule has 1 aliphatic heterocycles. The molecule has 0 bridgehead atoms. The van der Waals surface area contributed by atoms with Crippen LogP contribution in [-0.2, 0) is 11.3 Å². The summed E-state index contributed by atoms with van der Waals surface area (Å²) in [6.07, 6.45) is 1.69. The van der Waals surface area contributed by atoms with Crippen LogP contribution in [0.25, 0.3) is 0 Å². The molecule has 7 heteroatoms. The molecule has 6 nitrogen and oxygen atoms in total. The molecule has 152 valence electrons. The first kappa shape index (κ1) is 20.5. The third-order valence-electron chi connectivity index (χ3n) is 5.02. The van der Waals surface area contributed by atoms with Crippen molar-refractivity contribution in [2.75, 3.05) is 13.1 Å². The maximum Gasteiger partial charge on any atom is 0.270 e. The highest BCUT2D eigenvalue weighted by Gasteiger charge is 2.39. The van der Waals surface area contributed by atoms with Gasteiger partial charge in [0.05, 0.1) is 18.8 Å². The van der Waals surface area contributed by atoms with Gasteiger partial charge in [0.25, 0.3) is 5.91 Å². The molecular formula is C22H25FN4O2. The molecule has 3 N–H and O–H groups in total. The zero-order chi connectivity index (χ0) is 21.2. The average Bonchev–Trinajstić information content (AvgIpc) is 3.20. The first-order valence-electron chi connectivity index (χ1n) is 9.41. The van der Waals surface area contributed by atoms with Gasteiger partial charge in [-0.15, -0.1) is 0 Å². The van der Waals surface area contributed by atoms with E-state index in [0.717, 1.165) is 5.56 Å². The number of nitrogens with one attached hydrogen (secondary N) is 1. The number of allylic oxidation sites excluding steroid dienone is 1. The molecular weight excluding hydrogens is 371 g/mol. The summed E-state index contributed by atoms with van der Waals surface area (Å²) < 4.78 is 13.2. The number of benzene rings is 1. The molecule has 1 saturated heterocycles. The second-order valence-electron chi connectivity index (χ2n) is 7.87. The molecule has 29 heavy (non-hydrogen) atoms. The van der Waals surface area contributed by atoms with Gasteiger partial charge >= 0.3 is 0 Å². The predicted octanol–water partition coefficient (Wildman–Crippen LogP) is 3.08. The number of likely N-dealkylation sites (tertiary alicyclic amines) is 1. The lowest BCUT2D eigenvalue weighted by molar-refractivity contribution is -0.113. The van der Waals surface area contributed by atoms with Crippen LogP contribution in [0.4, 0.5) is 4.39 Å². The number of carbonyl (C=O) groups excluding carboxylic acids is 2. The molecule has 0 unspecified atom stereocenters. The highest BCUT2D eigenvalue weighted by atomic mass is 19.1. The third-order valence-corrected chi connectivity index (χ3v) is 5.02. The number of hydrogen-bond donors (Lipinski definition) is 2. The van der Waals surface area contributed by atoms with E-state index in [-0.39, 0.29) is 29.7 Å². The Kier molecular flexibility index (Phi) is 5.68. The Labute approximate surface area is 169 Å². The SMILES string of the molecule is CC(=O)C(N)=C1CN(C(=O)c2ccc[nH]2)CC(C)(C)C1=NCc1ccc(F)cc1. The minimum Gasteiger partial charge on any atom is -0.396 e. The third kappa shape index (κ3) is 4.45. The molecule has 0 spiro atoms. The van der Waals surface area contributed by atoms with E-state index >= 15 is 0 Å². The molecule has 0 aliphatic carbocycles. The van der Waals surface area contributed by atoms with Gasteiger partial charge in [-0.25, -0.2) is 4.39 Å². The number of aromatic nitrogens is 1.